The standard InChI is InChI=1S/C15H28N4O3/c1-6-12-10-13(18(5)17-12)16-15(20)19(7-2)11-14(21-8-3)22-9-4/h10,14H,6-9,11H2,1-5H3,(H,16,20). The number of nitrogens with one attached hydrogen (secondary N) is 1. The lowest BCUT2D eigenvalue weighted by Crippen LogP contribution is -2.42. The highest BCUT2D eigenvalue weighted by Crippen LogP contribution is 2.11. The summed E-state index contributed by atoms with van der Waals surface area (Å²) in [5.41, 5.74) is 0.947. The highest BCUT2D eigenvalue weighted by atomic mass is 16.7. The molecule has 0 radical (unpaired) electrons. The zero-order valence-electron chi connectivity index (χ0n) is 14.3. The fourth-order valence-corrected chi connectivity index (χ4v) is 2.07. The highest BCUT2D eigenvalue weighted by Gasteiger charge is 2.19. The van der Waals surface area contributed by atoms with Crippen LogP contribution in [0.1, 0.15) is 33.4 Å². The van der Waals surface area contributed by atoms with Gasteiger partial charge in [-0.05, 0) is 27.2 Å². The first kappa shape index (κ1) is 18.4. The third kappa shape index (κ3) is 5.31. The number of carbonyl (C=O) groups excluding carboxylic acids is 1. The van der Waals surface area contributed by atoms with E-state index >= 15 is 0 Å². The third-order valence-electron chi connectivity index (χ3n) is 3.27. The molecule has 0 aromatic carbocycles. The molecule has 0 bridgehead atoms. The molecule has 0 unspecified atom stereocenters. The summed E-state index contributed by atoms with van der Waals surface area (Å²) in [5.74, 6) is 0.685. The number of hydrogen-bond acceptors (Lipinski definition) is 4. The van der Waals surface area contributed by atoms with Gasteiger partial charge < -0.3 is 14.4 Å². The molecule has 0 atom stereocenters. The van der Waals surface area contributed by atoms with Crippen molar-refractivity contribution >= 4 is 11.8 Å². The zero-order chi connectivity index (χ0) is 16.5. The number of nitrogens with zero attached hydrogens (tertiary/aromatic N) is 3. The highest BCUT2D eigenvalue weighted by molar-refractivity contribution is 5.88. The Morgan fingerprint density at radius 1 is 1.32 bits per heavy atom. The summed E-state index contributed by atoms with van der Waals surface area (Å²) in [6.45, 7) is 9.82. The number of aryl methyl sites for hydroxylation is 2. The van der Waals surface area contributed by atoms with Crippen molar-refractivity contribution in [3.63, 3.8) is 0 Å². The maximum absolute atomic E-state index is 12.4. The average molecular weight is 312 g/mol. The summed E-state index contributed by atoms with van der Waals surface area (Å²) in [6, 6.07) is 1.70. The van der Waals surface area contributed by atoms with Crippen molar-refractivity contribution in [2.75, 3.05) is 31.6 Å². The number of aromatic nitrogens is 2. The molecule has 0 saturated heterocycles. The minimum absolute atomic E-state index is 0.183. The van der Waals surface area contributed by atoms with Gasteiger partial charge in [-0.15, -0.1) is 0 Å². The van der Waals surface area contributed by atoms with E-state index in [1.807, 2.05) is 40.8 Å². The molecule has 1 aromatic heterocycles. The van der Waals surface area contributed by atoms with E-state index in [1.54, 1.807) is 9.58 Å². The number of carbonyl (C=O) groups is 1. The van der Waals surface area contributed by atoms with Crippen molar-refractivity contribution in [1.82, 2.24) is 14.7 Å². The van der Waals surface area contributed by atoms with Crippen LogP contribution in [0.5, 0.6) is 0 Å². The summed E-state index contributed by atoms with van der Waals surface area (Å²) in [5, 5.41) is 7.20. The molecule has 1 N–H and O–H groups in total. The maximum atomic E-state index is 12.4. The molecule has 0 aliphatic rings. The van der Waals surface area contributed by atoms with Gasteiger partial charge >= 0.3 is 6.03 Å². The predicted molar refractivity (Wildman–Crippen MR) is 85.9 cm³/mol. The van der Waals surface area contributed by atoms with E-state index in [2.05, 4.69) is 10.4 Å². The Balaban J connectivity index is 2.68. The van der Waals surface area contributed by atoms with Crippen LogP contribution in [0, 0.1) is 0 Å². The number of anilines is 1. The molecule has 7 nitrogen and oxygen atoms in total. The van der Waals surface area contributed by atoms with Gasteiger partial charge in [0.1, 0.15) is 5.82 Å². The zero-order valence-corrected chi connectivity index (χ0v) is 14.3. The number of amides is 2. The number of ether oxygens (including phenoxy) is 2. The van der Waals surface area contributed by atoms with E-state index in [0.717, 1.165) is 12.1 Å². The van der Waals surface area contributed by atoms with Crippen molar-refractivity contribution in [3.05, 3.63) is 11.8 Å². The van der Waals surface area contributed by atoms with Gasteiger partial charge in [0, 0.05) is 32.9 Å². The second-order valence-corrected chi connectivity index (χ2v) is 4.81. The molecule has 0 spiro atoms. The largest absolute Gasteiger partial charge is 0.351 e. The fraction of sp³-hybridized carbons (Fsp3) is 0.733. The summed E-state index contributed by atoms with van der Waals surface area (Å²) >= 11 is 0. The lowest BCUT2D eigenvalue weighted by molar-refractivity contribution is -0.142. The van der Waals surface area contributed by atoms with E-state index < -0.39 is 6.29 Å². The Hall–Kier alpha value is -1.60. The monoisotopic (exact) mass is 312 g/mol. The Morgan fingerprint density at radius 2 is 1.95 bits per heavy atom. The van der Waals surface area contributed by atoms with Crippen LogP contribution in [0.4, 0.5) is 10.6 Å². The summed E-state index contributed by atoms with van der Waals surface area (Å²) in [7, 11) is 1.81. The van der Waals surface area contributed by atoms with Gasteiger partial charge in [0.25, 0.3) is 0 Å². The fourth-order valence-electron chi connectivity index (χ4n) is 2.07. The summed E-state index contributed by atoms with van der Waals surface area (Å²) in [6.07, 6.45) is 0.427. The Labute approximate surface area is 132 Å². The van der Waals surface area contributed by atoms with Crippen LogP contribution >= 0.6 is 0 Å². The number of hydrogen-bond donors (Lipinski definition) is 1. The van der Waals surface area contributed by atoms with Crippen molar-refractivity contribution < 1.29 is 14.3 Å². The van der Waals surface area contributed by atoms with E-state index in [9.17, 15) is 4.79 Å². The first-order valence-corrected chi connectivity index (χ1v) is 7.87. The summed E-state index contributed by atoms with van der Waals surface area (Å²) in [4.78, 5) is 14.1. The van der Waals surface area contributed by atoms with Gasteiger partial charge in [-0.25, -0.2) is 4.79 Å². The number of rotatable bonds is 9. The van der Waals surface area contributed by atoms with Crippen molar-refractivity contribution in [1.29, 1.82) is 0 Å². The van der Waals surface area contributed by atoms with Crippen LogP contribution in [0.2, 0.25) is 0 Å². The molecule has 126 valence electrons. The molecule has 0 saturated carbocycles. The van der Waals surface area contributed by atoms with E-state index in [4.69, 9.17) is 9.47 Å². The van der Waals surface area contributed by atoms with Gasteiger partial charge in [0.05, 0.1) is 12.2 Å². The first-order valence-electron chi connectivity index (χ1n) is 7.87. The topological polar surface area (TPSA) is 68.6 Å². The van der Waals surface area contributed by atoms with Crippen LogP contribution in [0.15, 0.2) is 6.07 Å². The molecular weight excluding hydrogens is 284 g/mol. The normalized spacial score (nSPS) is 11.0. The Kier molecular flexibility index (Phi) is 7.90. The maximum Gasteiger partial charge on any atom is 0.323 e. The smallest absolute Gasteiger partial charge is 0.323 e. The van der Waals surface area contributed by atoms with Crippen molar-refractivity contribution in [2.24, 2.45) is 7.05 Å². The minimum atomic E-state index is -0.404. The molecule has 1 aromatic rings. The molecule has 0 aliphatic carbocycles. The van der Waals surface area contributed by atoms with E-state index in [0.29, 0.717) is 32.1 Å². The van der Waals surface area contributed by atoms with Crippen molar-refractivity contribution in [2.45, 2.75) is 40.4 Å². The lowest BCUT2D eigenvalue weighted by Gasteiger charge is -2.26. The molecule has 7 heteroatoms. The molecule has 22 heavy (non-hydrogen) atoms. The van der Waals surface area contributed by atoms with Crippen LogP contribution in [-0.2, 0) is 22.9 Å². The van der Waals surface area contributed by atoms with Crippen LogP contribution in [-0.4, -0.2) is 53.3 Å². The average Bonchev–Trinajstić information content (AvgIpc) is 2.85. The second-order valence-electron chi connectivity index (χ2n) is 4.81. The molecule has 2 amide bonds. The van der Waals surface area contributed by atoms with E-state index in [-0.39, 0.29) is 6.03 Å². The quantitative estimate of drug-likeness (QED) is 0.710. The minimum Gasteiger partial charge on any atom is -0.351 e. The Bertz CT molecular complexity index is 456. The molecule has 1 heterocycles. The lowest BCUT2D eigenvalue weighted by atomic mass is 10.3. The molecular formula is C15H28N4O3. The van der Waals surface area contributed by atoms with Gasteiger partial charge in [0.15, 0.2) is 6.29 Å². The second kappa shape index (κ2) is 9.42. The van der Waals surface area contributed by atoms with Gasteiger partial charge in [-0.1, -0.05) is 6.92 Å². The van der Waals surface area contributed by atoms with Crippen LogP contribution < -0.4 is 5.32 Å². The SMILES string of the molecule is CCOC(CN(CC)C(=O)Nc1cc(CC)nn1C)OCC. The summed E-state index contributed by atoms with van der Waals surface area (Å²) < 4.78 is 12.7. The number of urea groups is 1. The van der Waals surface area contributed by atoms with Crippen molar-refractivity contribution in [3.8, 4) is 0 Å². The third-order valence-corrected chi connectivity index (χ3v) is 3.27. The van der Waals surface area contributed by atoms with Gasteiger partial charge in [0.2, 0.25) is 0 Å². The first-order chi connectivity index (χ1) is 10.5. The van der Waals surface area contributed by atoms with E-state index in [1.165, 1.54) is 0 Å². The molecule has 0 fully saturated rings. The predicted octanol–water partition coefficient (Wildman–Crippen LogP) is 2.24. The molecule has 1 rings (SSSR count). The van der Waals surface area contributed by atoms with Crippen LogP contribution in [0.25, 0.3) is 0 Å². The van der Waals surface area contributed by atoms with Gasteiger partial charge in [-0.2, -0.15) is 5.10 Å². The Morgan fingerprint density at radius 3 is 2.41 bits per heavy atom. The van der Waals surface area contributed by atoms with Gasteiger partial charge in [-0.3, -0.25) is 10.00 Å². The molecule has 0 aliphatic heterocycles. The number of likely N-dealkylation sites (N-methyl/N-ethyl adjacent to an activating group) is 1. The van der Waals surface area contributed by atoms with Crippen LogP contribution in [0.3, 0.4) is 0 Å².